The van der Waals surface area contributed by atoms with Crippen LogP contribution in [0.5, 0.6) is 11.5 Å². The van der Waals surface area contributed by atoms with Crippen LogP contribution in [0.25, 0.3) is 0 Å². The second kappa shape index (κ2) is 6.56. The van der Waals surface area contributed by atoms with Crippen LogP contribution in [0.4, 0.5) is 5.69 Å². The molecule has 0 aliphatic carbocycles. The molecule has 1 N–H and O–H groups in total. The lowest BCUT2D eigenvalue weighted by atomic mass is 10.0. The van der Waals surface area contributed by atoms with E-state index in [0.717, 1.165) is 6.07 Å². The summed E-state index contributed by atoms with van der Waals surface area (Å²) >= 11 is 0. The number of hydrogen-bond donors (Lipinski definition) is 1. The van der Waals surface area contributed by atoms with E-state index in [-0.39, 0.29) is 11.3 Å². The number of phenolic OH excluding ortho intramolecular Hbond substituents is 1. The zero-order chi connectivity index (χ0) is 16.2. The highest BCUT2D eigenvalue weighted by atomic mass is 16.6. The molecule has 21 heavy (non-hydrogen) atoms. The fourth-order valence-corrected chi connectivity index (χ4v) is 1.94. The van der Waals surface area contributed by atoms with Gasteiger partial charge in [0.05, 0.1) is 17.6 Å². The Hall–Kier alpha value is -2.82. The molecule has 0 aromatic heterocycles. The molecule has 8 nitrogen and oxygen atoms in total. The summed E-state index contributed by atoms with van der Waals surface area (Å²) < 4.78 is 4.80. The summed E-state index contributed by atoms with van der Waals surface area (Å²) in [4.78, 5) is 24.0. The maximum atomic E-state index is 12.4. The van der Waals surface area contributed by atoms with Gasteiger partial charge in [-0.05, 0) is 13.8 Å². The molecule has 0 spiro atoms. The maximum absolute atomic E-state index is 12.4. The van der Waals surface area contributed by atoms with E-state index in [2.05, 4.69) is 0 Å². The summed E-state index contributed by atoms with van der Waals surface area (Å²) in [7, 11) is 1.20. The Balaban J connectivity index is 3.71. The number of amides is 1. The lowest BCUT2D eigenvalue weighted by Gasteiger charge is -2.19. The van der Waals surface area contributed by atoms with E-state index in [1.54, 1.807) is 19.9 Å². The number of ether oxygens (including phenoxy) is 1. The van der Waals surface area contributed by atoms with Crippen molar-refractivity contribution >= 4 is 11.6 Å². The summed E-state index contributed by atoms with van der Waals surface area (Å²) in [6.07, 6.45) is 0. The van der Waals surface area contributed by atoms with E-state index in [1.165, 1.54) is 12.0 Å². The number of carbonyl (C=O) groups excluding carboxylic acids is 1. The minimum Gasteiger partial charge on any atom is -0.499 e. The van der Waals surface area contributed by atoms with Gasteiger partial charge in [-0.25, -0.2) is 0 Å². The average molecular weight is 293 g/mol. The van der Waals surface area contributed by atoms with Crippen LogP contribution < -0.4 is 4.74 Å². The number of nitro groups is 1. The van der Waals surface area contributed by atoms with Gasteiger partial charge in [-0.1, -0.05) is 0 Å². The SMILES string of the molecule is CCN(CC)C(=O)c1c(C#N)cc(OC)c(O)c1[N+](=O)[O-]. The predicted molar refractivity (Wildman–Crippen MR) is 73.3 cm³/mol. The Labute approximate surface area is 121 Å². The molecule has 0 aliphatic rings. The van der Waals surface area contributed by atoms with E-state index < -0.39 is 27.8 Å². The molecule has 0 fully saturated rings. The largest absolute Gasteiger partial charge is 0.499 e. The average Bonchev–Trinajstić information content (AvgIpc) is 2.47. The Morgan fingerprint density at radius 3 is 2.48 bits per heavy atom. The number of nitro benzene ring substituents is 1. The van der Waals surface area contributed by atoms with Crippen LogP contribution in [0.15, 0.2) is 6.07 Å². The van der Waals surface area contributed by atoms with E-state index in [0.29, 0.717) is 13.1 Å². The van der Waals surface area contributed by atoms with Gasteiger partial charge in [0, 0.05) is 19.2 Å². The summed E-state index contributed by atoms with van der Waals surface area (Å²) in [6.45, 7) is 4.07. The molecule has 0 saturated heterocycles. The summed E-state index contributed by atoms with van der Waals surface area (Å²) in [5.74, 6) is -1.67. The van der Waals surface area contributed by atoms with Crippen molar-refractivity contribution in [3.63, 3.8) is 0 Å². The summed E-state index contributed by atoms with van der Waals surface area (Å²) in [5, 5.41) is 30.2. The lowest BCUT2D eigenvalue weighted by molar-refractivity contribution is -0.386. The van der Waals surface area contributed by atoms with Gasteiger partial charge in [0.15, 0.2) is 5.75 Å². The normalized spacial score (nSPS) is 9.81. The molecule has 1 aromatic carbocycles. The van der Waals surface area contributed by atoms with Gasteiger partial charge in [0.1, 0.15) is 11.6 Å². The highest BCUT2D eigenvalue weighted by molar-refractivity contribution is 6.02. The zero-order valence-corrected chi connectivity index (χ0v) is 11.9. The van der Waals surface area contributed by atoms with Gasteiger partial charge in [0.25, 0.3) is 5.91 Å². The second-order valence-corrected chi connectivity index (χ2v) is 4.04. The van der Waals surface area contributed by atoms with E-state index in [1.807, 2.05) is 0 Å². The van der Waals surface area contributed by atoms with Crippen LogP contribution in [0, 0.1) is 21.4 Å². The fraction of sp³-hybridized carbons (Fsp3) is 0.385. The van der Waals surface area contributed by atoms with Crippen molar-refractivity contribution in [1.29, 1.82) is 5.26 Å². The molecule has 112 valence electrons. The van der Waals surface area contributed by atoms with Crippen molar-refractivity contribution in [2.45, 2.75) is 13.8 Å². The standard InChI is InChI=1S/C13H15N3O5/c1-4-15(5-2)13(18)10-8(7-14)6-9(21-3)12(17)11(10)16(19)20/h6,17H,4-5H2,1-3H3. The third-order valence-corrected chi connectivity index (χ3v) is 3.03. The van der Waals surface area contributed by atoms with Crippen molar-refractivity contribution in [2.24, 2.45) is 0 Å². The molecule has 1 amide bonds. The number of nitriles is 1. The van der Waals surface area contributed by atoms with E-state index in [4.69, 9.17) is 10.00 Å². The van der Waals surface area contributed by atoms with Crippen molar-refractivity contribution in [1.82, 2.24) is 4.90 Å². The number of phenols is 1. The third kappa shape index (κ3) is 2.86. The van der Waals surface area contributed by atoms with Gasteiger partial charge in [0.2, 0.25) is 5.75 Å². The first-order chi connectivity index (χ1) is 9.92. The van der Waals surface area contributed by atoms with Crippen LogP contribution in [0.1, 0.15) is 29.8 Å². The first-order valence-electron chi connectivity index (χ1n) is 6.20. The van der Waals surface area contributed by atoms with Gasteiger partial charge >= 0.3 is 5.69 Å². The molecular weight excluding hydrogens is 278 g/mol. The Morgan fingerprint density at radius 1 is 1.52 bits per heavy atom. The molecule has 0 bridgehead atoms. The minimum atomic E-state index is -0.893. The first-order valence-corrected chi connectivity index (χ1v) is 6.20. The number of rotatable bonds is 5. The van der Waals surface area contributed by atoms with Gasteiger partial charge in [-0.2, -0.15) is 5.26 Å². The van der Waals surface area contributed by atoms with E-state index in [9.17, 15) is 20.0 Å². The molecule has 0 aliphatic heterocycles. The molecule has 1 rings (SSSR count). The van der Waals surface area contributed by atoms with Crippen LogP contribution >= 0.6 is 0 Å². The number of carbonyl (C=O) groups is 1. The van der Waals surface area contributed by atoms with Crippen LogP contribution in [0.2, 0.25) is 0 Å². The third-order valence-electron chi connectivity index (χ3n) is 3.03. The predicted octanol–water partition coefficient (Wildman–Crippen LogP) is 1.66. The molecule has 0 unspecified atom stereocenters. The van der Waals surface area contributed by atoms with Crippen LogP contribution in [-0.2, 0) is 0 Å². The number of methoxy groups -OCH3 is 1. The number of benzene rings is 1. The number of nitrogens with zero attached hydrogens (tertiary/aromatic N) is 3. The molecule has 8 heteroatoms. The Morgan fingerprint density at radius 2 is 2.10 bits per heavy atom. The van der Waals surface area contributed by atoms with Crippen molar-refractivity contribution in [3.8, 4) is 17.6 Å². The lowest BCUT2D eigenvalue weighted by Crippen LogP contribution is -2.31. The quantitative estimate of drug-likeness (QED) is 0.651. The molecular formula is C13H15N3O5. The van der Waals surface area contributed by atoms with Crippen LogP contribution in [0.3, 0.4) is 0 Å². The Bertz CT molecular complexity index is 617. The first kappa shape index (κ1) is 16.2. The molecule has 1 aromatic rings. The van der Waals surface area contributed by atoms with Crippen molar-refractivity contribution in [3.05, 3.63) is 27.3 Å². The molecule has 0 atom stereocenters. The van der Waals surface area contributed by atoms with Crippen LogP contribution in [-0.4, -0.2) is 41.0 Å². The zero-order valence-electron chi connectivity index (χ0n) is 11.9. The molecule has 0 heterocycles. The fourth-order valence-electron chi connectivity index (χ4n) is 1.94. The highest BCUT2D eigenvalue weighted by Crippen LogP contribution is 2.41. The topological polar surface area (TPSA) is 117 Å². The van der Waals surface area contributed by atoms with Crippen molar-refractivity contribution in [2.75, 3.05) is 20.2 Å². The van der Waals surface area contributed by atoms with Crippen molar-refractivity contribution < 1.29 is 19.6 Å². The van der Waals surface area contributed by atoms with E-state index >= 15 is 0 Å². The highest BCUT2D eigenvalue weighted by Gasteiger charge is 2.33. The number of aromatic hydroxyl groups is 1. The van der Waals surface area contributed by atoms with Gasteiger partial charge < -0.3 is 14.7 Å². The van der Waals surface area contributed by atoms with Gasteiger partial charge in [-0.15, -0.1) is 0 Å². The monoisotopic (exact) mass is 293 g/mol. The summed E-state index contributed by atoms with van der Waals surface area (Å²) in [5.41, 5.74) is -1.46. The van der Waals surface area contributed by atoms with Gasteiger partial charge in [-0.3, -0.25) is 14.9 Å². The maximum Gasteiger partial charge on any atom is 0.328 e. The molecule has 0 saturated carbocycles. The smallest absolute Gasteiger partial charge is 0.328 e. The molecule has 0 radical (unpaired) electrons. The Kier molecular flexibility index (Phi) is 5.07. The number of hydrogen-bond acceptors (Lipinski definition) is 6. The second-order valence-electron chi connectivity index (χ2n) is 4.04. The summed E-state index contributed by atoms with van der Waals surface area (Å²) in [6, 6.07) is 2.84. The minimum absolute atomic E-state index is 0.215.